The van der Waals surface area contributed by atoms with Gasteiger partial charge in [0.05, 0.1) is 17.6 Å². The highest BCUT2D eigenvalue weighted by Gasteiger charge is 2.80. The van der Waals surface area contributed by atoms with Gasteiger partial charge in [-0.25, -0.2) is 0 Å². The van der Waals surface area contributed by atoms with E-state index in [0.29, 0.717) is 23.5 Å². The molecule has 3 fully saturated rings. The van der Waals surface area contributed by atoms with Gasteiger partial charge in [-0.1, -0.05) is 79.4 Å². The van der Waals surface area contributed by atoms with E-state index in [1.807, 2.05) is 6.07 Å². The van der Waals surface area contributed by atoms with Gasteiger partial charge in [0.15, 0.2) is 28.7 Å². The number of rotatable bonds is 5. The van der Waals surface area contributed by atoms with Crippen LogP contribution in [0.4, 0.5) is 0 Å². The van der Waals surface area contributed by atoms with E-state index in [0.717, 1.165) is 32.1 Å². The molecule has 0 amide bonds. The summed E-state index contributed by atoms with van der Waals surface area (Å²) in [5.74, 6) is -9.54. The Morgan fingerprint density at radius 3 is 2.16 bits per heavy atom. The highest BCUT2D eigenvalue weighted by atomic mass is 16.3. The summed E-state index contributed by atoms with van der Waals surface area (Å²) < 4.78 is 0. The Morgan fingerprint density at radius 1 is 1.00 bits per heavy atom. The summed E-state index contributed by atoms with van der Waals surface area (Å²) in [5, 5.41) is 35.9. The zero-order valence-electron chi connectivity index (χ0n) is 26.4. The maximum absolute atomic E-state index is 14.5. The first kappa shape index (κ1) is 31.7. The molecule has 43 heavy (non-hydrogen) atoms. The van der Waals surface area contributed by atoms with Gasteiger partial charge in [-0.2, -0.15) is 0 Å². The minimum Gasteiger partial charge on any atom is -0.507 e. The van der Waals surface area contributed by atoms with Crippen LogP contribution < -0.4 is 0 Å². The lowest BCUT2D eigenvalue weighted by atomic mass is 9.37. The van der Waals surface area contributed by atoms with Gasteiger partial charge in [-0.05, 0) is 54.6 Å². The number of phenolic OH excluding ortho intramolecular Hbond substituents is 1. The number of ketones is 5. The number of Topliss-reactive ketones (excluding diaryl/α,β-unsaturated/α-hetero) is 5. The van der Waals surface area contributed by atoms with Crippen molar-refractivity contribution in [2.24, 2.45) is 46.3 Å². The van der Waals surface area contributed by atoms with E-state index in [2.05, 4.69) is 6.92 Å². The van der Waals surface area contributed by atoms with E-state index in [1.165, 1.54) is 19.8 Å². The van der Waals surface area contributed by atoms with Crippen molar-refractivity contribution in [3.05, 3.63) is 28.8 Å². The van der Waals surface area contributed by atoms with Gasteiger partial charge in [0.1, 0.15) is 17.5 Å². The van der Waals surface area contributed by atoms with Crippen LogP contribution in [0.25, 0.3) is 0 Å². The maximum atomic E-state index is 14.5. The molecule has 0 aromatic heterocycles. The van der Waals surface area contributed by atoms with Crippen LogP contribution >= 0.6 is 0 Å². The third kappa shape index (κ3) is 4.04. The number of fused-ring (bicyclic) bond motifs is 3. The molecule has 8 heteroatoms. The second-order valence-corrected chi connectivity index (χ2v) is 14.9. The fourth-order valence-corrected chi connectivity index (χ4v) is 9.58. The minimum absolute atomic E-state index is 0.0136. The third-order valence-corrected chi connectivity index (χ3v) is 12.3. The molecule has 8 nitrogen and oxygen atoms in total. The molecule has 3 saturated carbocycles. The quantitative estimate of drug-likeness (QED) is 0.426. The van der Waals surface area contributed by atoms with Crippen molar-refractivity contribution in [3.8, 4) is 5.75 Å². The van der Waals surface area contributed by atoms with Crippen LogP contribution in [-0.2, 0) is 25.6 Å². The van der Waals surface area contributed by atoms with E-state index in [-0.39, 0.29) is 11.3 Å². The molecule has 0 bridgehead atoms. The van der Waals surface area contributed by atoms with E-state index >= 15 is 0 Å². The van der Waals surface area contributed by atoms with E-state index in [9.17, 15) is 39.3 Å². The van der Waals surface area contributed by atoms with Crippen molar-refractivity contribution in [1.82, 2.24) is 0 Å². The largest absolute Gasteiger partial charge is 0.507 e. The fraction of sp³-hybridized carbons (Fsp3) is 0.686. The standard InChI is InChI=1S/C35H46O8/c1-16(2)25-28(38)23(19(5)36)30(40)35(43)31(41)26-29(39)24-22(18(4)33(26,6)32(42)34(25,35)7)15-14-21(27(24)37)13-12-20-10-8-17(3)9-11-20/h14-18,20,23,25-26,32,37,42-43H,8-13H2,1-7H3/t17?,18-,20?,23?,25?,26?,32-,33+,34+,35+/m1/s1. The molecular formula is C35H46O8. The molecule has 1 aromatic carbocycles. The summed E-state index contributed by atoms with van der Waals surface area (Å²) in [6, 6.07) is 3.59. The Labute approximate surface area is 253 Å². The normalized spacial score (nSPS) is 41.1. The van der Waals surface area contributed by atoms with Crippen molar-refractivity contribution in [2.45, 2.75) is 105 Å². The highest BCUT2D eigenvalue weighted by Crippen LogP contribution is 2.66. The lowest BCUT2D eigenvalue weighted by Crippen LogP contribution is -2.81. The van der Waals surface area contributed by atoms with Crippen molar-refractivity contribution in [1.29, 1.82) is 0 Å². The van der Waals surface area contributed by atoms with Crippen molar-refractivity contribution >= 4 is 28.9 Å². The number of hydrogen-bond donors (Lipinski definition) is 3. The van der Waals surface area contributed by atoms with Gasteiger partial charge < -0.3 is 15.3 Å². The topological polar surface area (TPSA) is 146 Å². The molecular weight excluding hydrogens is 548 g/mol. The predicted molar refractivity (Wildman–Crippen MR) is 158 cm³/mol. The van der Waals surface area contributed by atoms with Gasteiger partial charge in [-0.15, -0.1) is 0 Å². The van der Waals surface area contributed by atoms with Crippen molar-refractivity contribution < 1.29 is 39.3 Å². The van der Waals surface area contributed by atoms with Crippen LogP contribution in [0.15, 0.2) is 12.1 Å². The van der Waals surface area contributed by atoms with Crippen LogP contribution in [-0.4, -0.2) is 55.9 Å². The van der Waals surface area contributed by atoms with Gasteiger partial charge >= 0.3 is 0 Å². The second kappa shape index (κ2) is 10.4. The van der Waals surface area contributed by atoms with Gasteiger partial charge in [0.25, 0.3) is 0 Å². The molecule has 0 spiro atoms. The number of phenols is 1. The minimum atomic E-state index is -2.95. The summed E-state index contributed by atoms with van der Waals surface area (Å²) in [5.41, 5.74) is -5.38. The van der Waals surface area contributed by atoms with Crippen molar-refractivity contribution in [3.63, 3.8) is 0 Å². The molecule has 3 unspecified atom stereocenters. The average molecular weight is 595 g/mol. The molecule has 4 aliphatic carbocycles. The number of benzene rings is 1. The number of carbonyl (C=O) groups excluding carboxylic acids is 5. The Morgan fingerprint density at radius 2 is 1.60 bits per heavy atom. The van der Waals surface area contributed by atoms with Gasteiger partial charge in [0, 0.05) is 16.7 Å². The van der Waals surface area contributed by atoms with Crippen LogP contribution in [0, 0.1) is 46.3 Å². The first-order valence-electron chi connectivity index (χ1n) is 15.9. The van der Waals surface area contributed by atoms with E-state index in [4.69, 9.17) is 0 Å². The smallest absolute Gasteiger partial charge is 0.191 e. The molecule has 3 N–H and O–H groups in total. The Bertz CT molecular complexity index is 1400. The Kier molecular flexibility index (Phi) is 7.70. The third-order valence-electron chi connectivity index (χ3n) is 12.3. The summed E-state index contributed by atoms with van der Waals surface area (Å²) in [4.78, 5) is 69.0. The lowest BCUT2D eigenvalue weighted by Gasteiger charge is -2.65. The zero-order chi connectivity index (χ0) is 32.0. The monoisotopic (exact) mass is 594 g/mol. The fourth-order valence-electron chi connectivity index (χ4n) is 9.58. The van der Waals surface area contributed by atoms with Crippen molar-refractivity contribution in [2.75, 3.05) is 0 Å². The number of hydrogen-bond acceptors (Lipinski definition) is 8. The summed E-state index contributed by atoms with van der Waals surface area (Å²) in [6.07, 6.45) is 4.39. The SMILES string of the molecule is CC(=O)C1C(=O)C(C(C)C)[C@@]2(C)[C@H](O)[C@]3(C)C(C(=O)c4c(ccc(CCC5CCC(C)CC5)c4O)[C@H]3C)C(=O)[C@@]2(O)C1=O. The maximum Gasteiger partial charge on any atom is 0.191 e. The van der Waals surface area contributed by atoms with Crippen LogP contribution in [0.5, 0.6) is 5.75 Å². The first-order valence-corrected chi connectivity index (χ1v) is 15.9. The van der Waals surface area contributed by atoms with Crippen LogP contribution in [0.3, 0.4) is 0 Å². The predicted octanol–water partition coefficient (Wildman–Crippen LogP) is 4.38. The molecule has 0 saturated heterocycles. The van der Waals surface area contributed by atoms with Gasteiger partial charge in [-0.3, -0.25) is 24.0 Å². The molecule has 0 aliphatic heterocycles. The Hall–Kier alpha value is -2.71. The molecule has 8 atom stereocenters. The first-order chi connectivity index (χ1) is 20.0. The lowest BCUT2D eigenvalue weighted by molar-refractivity contribution is -0.240. The number of aryl methyl sites for hydroxylation is 1. The molecule has 0 radical (unpaired) electrons. The zero-order valence-corrected chi connectivity index (χ0v) is 26.4. The molecule has 1 aromatic rings. The van der Waals surface area contributed by atoms with Crippen LogP contribution in [0.1, 0.15) is 108 Å². The van der Waals surface area contributed by atoms with E-state index < -0.39 is 81.0 Å². The summed E-state index contributed by atoms with van der Waals surface area (Å²) in [6.45, 7) is 11.4. The number of carbonyl (C=O) groups is 5. The number of aromatic hydroxyl groups is 1. The number of aliphatic hydroxyl groups is 2. The van der Waals surface area contributed by atoms with Gasteiger partial charge in [0.2, 0.25) is 0 Å². The number of aliphatic hydroxyl groups excluding tert-OH is 1. The van der Waals surface area contributed by atoms with Crippen LogP contribution in [0.2, 0.25) is 0 Å². The molecule has 5 rings (SSSR count). The summed E-state index contributed by atoms with van der Waals surface area (Å²) >= 11 is 0. The molecule has 4 aliphatic rings. The van der Waals surface area contributed by atoms with E-state index in [1.54, 1.807) is 33.8 Å². The molecule has 0 heterocycles. The highest BCUT2D eigenvalue weighted by molar-refractivity contribution is 6.33. The summed E-state index contributed by atoms with van der Waals surface area (Å²) in [7, 11) is 0. The second-order valence-electron chi connectivity index (χ2n) is 14.9. The Balaban J connectivity index is 1.62. The molecule has 234 valence electrons. The average Bonchev–Trinajstić information content (AvgIpc) is 2.93.